The van der Waals surface area contributed by atoms with Gasteiger partial charge in [-0.05, 0) is 18.6 Å². The van der Waals surface area contributed by atoms with Crippen molar-refractivity contribution in [3.05, 3.63) is 45.8 Å². The van der Waals surface area contributed by atoms with Crippen LogP contribution in [0.4, 0.5) is 0 Å². The van der Waals surface area contributed by atoms with Crippen LogP contribution in [0.3, 0.4) is 0 Å². The molecule has 0 saturated heterocycles. The quantitative estimate of drug-likeness (QED) is 0.660. The van der Waals surface area contributed by atoms with Gasteiger partial charge in [0.2, 0.25) is 0 Å². The van der Waals surface area contributed by atoms with E-state index in [1.165, 1.54) is 5.56 Å². The molecule has 2 heterocycles. The van der Waals surface area contributed by atoms with Gasteiger partial charge < -0.3 is 4.57 Å². The van der Waals surface area contributed by atoms with E-state index in [0.717, 1.165) is 40.1 Å². The highest BCUT2D eigenvalue weighted by atomic mass is 79.9. The van der Waals surface area contributed by atoms with E-state index in [2.05, 4.69) is 37.7 Å². The molecule has 110 valence electrons. The van der Waals surface area contributed by atoms with E-state index in [9.17, 15) is 0 Å². The molecular formula is C15H16BrClN4. The Bertz CT molecular complexity index is 790. The van der Waals surface area contributed by atoms with Crippen molar-refractivity contribution >= 4 is 38.7 Å². The highest BCUT2D eigenvalue weighted by molar-refractivity contribution is 9.10. The number of fused-ring (bicyclic) bond motifs is 1. The normalized spacial score (nSPS) is 11.4. The predicted molar refractivity (Wildman–Crippen MR) is 88.9 cm³/mol. The van der Waals surface area contributed by atoms with Crippen molar-refractivity contribution in [1.82, 2.24) is 19.3 Å². The van der Waals surface area contributed by atoms with Gasteiger partial charge >= 0.3 is 0 Å². The molecule has 1 aromatic carbocycles. The minimum atomic E-state index is 0.561. The standard InChI is InChI=1S/C15H16BrClN4/c1-10-14-15(20(2)19-10)21(13(18-14)7-8-17)9-11-5-3-4-6-12(11)16/h3-6H,7-9H2,1-2H3. The first-order valence-corrected chi connectivity index (χ1v) is 8.12. The van der Waals surface area contributed by atoms with E-state index >= 15 is 0 Å². The van der Waals surface area contributed by atoms with Crippen molar-refractivity contribution in [1.29, 1.82) is 0 Å². The molecule has 0 N–H and O–H groups in total. The number of aromatic nitrogens is 4. The molecule has 0 bridgehead atoms. The zero-order chi connectivity index (χ0) is 15.0. The van der Waals surface area contributed by atoms with Gasteiger partial charge in [0, 0.05) is 23.8 Å². The molecule has 6 heteroatoms. The lowest BCUT2D eigenvalue weighted by Crippen LogP contribution is -2.09. The molecule has 3 rings (SSSR count). The lowest BCUT2D eigenvalue weighted by molar-refractivity contribution is 0.691. The fraction of sp³-hybridized carbons (Fsp3) is 0.333. The van der Waals surface area contributed by atoms with Gasteiger partial charge in [-0.3, -0.25) is 4.68 Å². The molecule has 0 fully saturated rings. The van der Waals surface area contributed by atoms with Gasteiger partial charge in [-0.1, -0.05) is 34.1 Å². The van der Waals surface area contributed by atoms with Crippen molar-refractivity contribution in [2.24, 2.45) is 7.05 Å². The minimum Gasteiger partial charge on any atom is -0.308 e. The fourth-order valence-corrected chi connectivity index (χ4v) is 3.20. The Morgan fingerprint density at radius 3 is 2.76 bits per heavy atom. The fourth-order valence-electron chi connectivity index (χ4n) is 2.62. The first kappa shape index (κ1) is 14.6. The molecular weight excluding hydrogens is 352 g/mol. The number of nitrogens with zero attached hydrogens (tertiary/aromatic N) is 4. The molecule has 0 unspecified atom stereocenters. The van der Waals surface area contributed by atoms with E-state index in [-0.39, 0.29) is 0 Å². The molecule has 0 aliphatic carbocycles. The number of benzene rings is 1. The Hall–Kier alpha value is -1.33. The third-order valence-electron chi connectivity index (χ3n) is 3.57. The summed E-state index contributed by atoms with van der Waals surface area (Å²) in [6.45, 7) is 2.74. The smallest absolute Gasteiger partial charge is 0.158 e. The number of rotatable bonds is 4. The Morgan fingerprint density at radius 2 is 2.05 bits per heavy atom. The SMILES string of the molecule is Cc1nn(C)c2c1nc(CCCl)n2Cc1ccccc1Br. The molecule has 0 amide bonds. The van der Waals surface area contributed by atoms with Gasteiger partial charge in [-0.25, -0.2) is 4.98 Å². The lowest BCUT2D eigenvalue weighted by atomic mass is 10.2. The number of halogens is 2. The van der Waals surface area contributed by atoms with Gasteiger partial charge in [0.15, 0.2) is 5.65 Å². The van der Waals surface area contributed by atoms with Crippen LogP contribution in [0, 0.1) is 6.92 Å². The molecule has 0 aliphatic heterocycles. The summed E-state index contributed by atoms with van der Waals surface area (Å²) in [5.41, 5.74) is 4.17. The van der Waals surface area contributed by atoms with E-state index in [1.54, 1.807) is 0 Å². The van der Waals surface area contributed by atoms with Crippen LogP contribution < -0.4 is 0 Å². The van der Waals surface area contributed by atoms with Gasteiger partial charge in [-0.15, -0.1) is 11.6 Å². The van der Waals surface area contributed by atoms with Gasteiger partial charge in [-0.2, -0.15) is 5.10 Å². The van der Waals surface area contributed by atoms with Crippen molar-refractivity contribution < 1.29 is 0 Å². The summed E-state index contributed by atoms with van der Waals surface area (Å²) in [5.74, 6) is 1.57. The van der Waals surface area contributed by atoms with E-state index in [4.69, 9.17) is 16.6 Å². The zero-order valence-electron chi connectivity index (χ0n) is 12.0. The Labute approximate surface area is 136 Å². The van der Waals surface area contributed by atoms with Crippen LogP contribution in [-0.2, 0) is 20.0 Å². The number of imidazole rings is 1. The molecule has 0 atom stereocenters. The van der Waals surface area contributed by atoms with E-state index in [0.29, 0.717) is 5.88 Å². The van der Waals surface area contributed by atoms with Crippen LogP contribution in [0.15, 0.2) is 28.7 Å². The maximum atomic E-state index is 5.93. The van der Waals surface area contributed by atoms with Gasteiger partial charge in [0.05, 0.1) is 12.2 Å². The van der Waals surface area contributed by atoms with Crippen molar-refractivity contribution in [3.63, 3.8) is 0 Å². The third-order valence-corrected chi connectivity index (χ3v) is 4.54. The van der Waals surface area contributed by atoms with Crippen LogP contribution in [0.1, 0.15) is 17.1 Å². The second-order valence-electron chi connectivity index (χ2n) is 5.03. The topological polar surface area (TPSA) is 35.6 Å². The first-order valence-electron chi connectivity index (χ1n) is 6.80. The number of alkyl halides is 1. The van der Waals surface area contributed by atoms with Crippen LogP contribution >= 0.6 is 27.5 Å². The average molecular weight is 368 g/mol. The van der Waals surface area contributed by atoms with Crippen molar-refractivity contribution in [2.75, 3.05) is 5.88 Å². The van der Waals surface area contributed by atoms with E-state index in [1.807, 2.05) is 30.8 Å². The second-order valence-corrected chi connectivity index (χ2v) is 6.26. The van der Waals surface area contributed by atoms with Gasteiger partial charge in [0.1, 0.15) is 11.3 Å². The summed E-state index contributed by atoms with van der Waals surface area (Å²) >= 11 is 9.54. The molecule has 4 nitrogen and oxygen atoms in total. The molecule has 0 saturated carbocycles. The van der Waals surface area contributed by atoms with Crippen LogP contribution in [0.2, 0.25) is 0 Å². The predicted octanol–water partition coefficient (Wildman–Crippen LogP) is 3.67. The molecule has 0 radical (unpaired) electrons. The first-order chi connectivity index (χ1) is 10.1. The van der Waals surface area contributed by atoms with E-state index < -0.39 is 0 Å². The van der Waals surface area contributed by atoms with Crippen LogP contribution in [0.25, 0.3) is 11.2 Å². The van der Waals surface area contributed by atoms with Crippen LogP contribution in [0.5, 0.6) is 0 Å². The number of aryl methyl sites for hydroxylation is 3. The number of hydrogen-bond donors (Lipinski definition) is 0. The summed E-state index contributed by atoms with van der Waals surface area (Å²) < 4.78 is 5.20. The van der Waals surface area contributed by atoms with Crippen molar-refractivity contribution in [2.45, 2.75) is 19.9 Å². The summed E-state index contributed by atoms with van der Waals surface area (Å²) in [6, 6.07) is 8.23. The molecule has 0 spiro atoms. The maximum absolute atomic E-state index is 5.93. The average Bonchev–Trinajstić information content (AvgIpc) is 2.93. The Morgan fingerprint density at radius 1 is 1.29 bits per heavy atom. The third kappa shape index (κ3) is 2.60. The summed E-state index contributed by atoms with van der Waals surface area (Å²) in [4.78, 5) is 4.73. The largest absolute Gasteiger partial charge is 0.308 e. The maximum Gasteiger partial charge on any atom is 0.158 e. The monoisotopic (exact) mass is 366 g/mol. The molecule has 3 aromatic rings. The lowest BCUT2D eigenvalue weighted by Gasteiger charge is -2.10. The zero-order valence-corrected chi connectivity index (χ0v) is 14.3. The summed E-state index contributed by atoms with van der Waals surface area (Å²) in [5, 5.41) is 4.46. The Balaban J connectivity index is 2.15. The Kier molecular flexibility index (Phi) is 4.04. The van der Waals surface area contributed by atoms with Crippen molar-refractivity contribution in [3.8, 4) is 0 Å². The molecule has 2 aromatic heterocycles. The number of hydrogen-bond acceptors (Lipinski definition) is 2. The summed E-state index contributed by atoms with van der Waals surface area (Å²) in [7, 11) is 1.96. The molecule has 0 aliphatic rings. The second kappa shape index (κ2) is 5.81. The highest BCUT2D eigenvalue weighted by Crippen LogP contribution is 2.23. The highest BCUT2D eigenvalue weighted by Gasteiger charge is 2.17. The summed E-state index contributed by atoms with van der Waals surface area (Å²) in [6.07, 6.45) is 0.750. The molecule has 21 heavy (non-hydrogen) atoms. The minimum absolute atomic E-state index is 0.561. The van der Waals surface area contributed by atoms with Gasteiger partial charge in [0.25, 0.3) is 0 Å². The van der Waals surface area contributed by atoms with Crippen LogP contribution in [-0.4, -0.2) is 25.2 Å².